The molecule has 0 aromatic carbocycles. The summed E-state index contributed by atoms with van der Waals surface area (Å²) in [5.74, 6) is -1.83. The molecule has 0 heterocycles. The van der Waals surface area contributed by atoms with Crippen LogP contribution in [-0.2, 0) is 19.2 Å². The molecule has 0 unspecified atom stereocenters. The Kier molecular flexibility index (Phi) is 12.6. The number of hydrogen-bond acceptors (Lipinski definition) is 4. The van der Waals surface area contributed by atoms with Gasteiger partial charge in [0.25, 0.3) is 5.91 Å². The van der Waals surface area contributed by atoms with Crippen LogP contribution in [-0.4, -0.2) is 35.5 Å². The van der Waals surface area contributed by atoms with Crippen LogP contribution in [0.15, 0.2) is 0 Å². The lowest BCUT2D eigenvalue weighted by molar-refractivity contribution is -0.141. The van der Waals surface area contributed by atoms with Crippen molar-refractivity contribution >= 4 is 23.4 Å². The highest BCUT2D eigenvalue weighted by Crippen LogP contribution is 2.10. The zero-order valence-electron chi connectivity index (χ0n) is 17.9. The predicted molar refractivity (Wildman–Crippen MR) is 107 cm³/mol. The lowest BCUT2D eigenvalue weighted by Gasteiger charge is -2.22. The Labute approximate surface area is 164 Å². The predicted octanol–water partition coefficient (Wildman–Crippen LogP) is 3.18. The average Bonchev–Trinajstić information content (AvgIpc) is 2.59. The van der Waals surface area contributed by atoms with Crippen molar-refractivity contribution in [3.05, 3.63) is 0 Å². The minimum absolute atomic E-state index is 0.173. The van der Waals surface area contributed by atoms with Crippen LogP contribution in [0.25, 0.3) is 0 Å². The van der Waals surface area contributed by atoms with Gasteiger partial charge in [-0.3, -0.25) is 19.2 Å². The van der Waals surface area contributed by atoms with E-state index < -0.39 is 23.8 Å². The first-order chi connectivity index (χ1) is 12.6. The van der Waals surface area contributed by atoms with E-state index in [-0.39, 0.29) is 23.5 Å². The van der Waals surface area contributed by atoms with E-state index >= 15 is 0 Å². The van der Waals surface area contributed by atoms with Crippen molar-refractivity contribution in [3.8, 4) is 0 Å². The average molecular weight is 383 g/mol. The van der Waals surface area contributed by atoms with E-state index in [4.69, 9.17) is 0 Å². The van der Waals surface area contributed by atoms with Gasteiger partial charge in [0.05, 0.1) is 12.1 Å². The minimum Gasteiger partial charge on any atom is -0.345 e. The second kappa shape index (κ2) is 13.4. The molecule has 0 aliphatic rings. The molecule has 0 saturated carbocycles. The van der Waals surface area contributed by atoms with Crippen molar-refractivity contribution in [1.82, 2.24) is 10.6 Å². The summed E-state index contributed by atoms with van der Waals surface area (Å²) in [6, 6.07) is -1.51. The van der Waals surface area contributed by atoms with Gasteiger partial charge in [0.1, 0.15) is 0 Å². The van der Waals surface area contributed by atoms with Gasteiger partial charge in [0, 0.05) is 5.92 Å². The van der Waals surface area contributed by atoms with Crippen LogP contribution in [0.3, 0.4) is 0 Å². The molecule has 2 amide bonds. The van der Waals surface area contributed by atoms with E-state index in [1.165, 1.54) is 6.92 Å². The van der Waals surface area contributed by atoms with E-state index in [2.05, 4.69) is 17.6 Å². The maximum atomic E-state index is 12.7. The van der Waals surface area contributed by atoms with Crippen molar-refractivity contribution in [2.24, 2.45) is 11.8 Å². The molecular formula is C21H38N2O4. The fourth-order valence-corrected chi connectivity index (χ4v) is 2.93. The number of amides is 2. The van der Waals surface area contributed by atoms with Crippen LogP contribution in [0.1, 0.15) is 86.5 Å². The fraction of sp³-hybridized carbons (Fsp3) is 0.810. The number of nitrogens with one attached hydrogen (secondary N) is 2. The van der Waals surface area contributed by atoms with Crippen molar-refractivity contribution < 1.29 is 19.2 Å². The van der Waals surface area contributed by atoms with E-state index in [9.17, 15) is 19.2 Å². The number of Topliss-reactive ketones (excluding diaryl/α,β-unsaturated/α-hetero) is 2. The molecule has 3 atom stereocenters. The van der Waals surface area contributed by atoms with E-state index in [0.717, 1.165) is 32.1 Å². The molecular weight excluding hydrogens is 344 g/mol. The molecule has 0 saturated heterocycles. The lowest BCUT2D eigenvalue weighted by atomic mass is 9.98. The summed E-state index contributed by atoms with van der Waals surface area (Å²) in [7, 11) is 0. The molecule has 0 spiro atoms. The zero-order valence-corrected chi connectivity index (χ0v) is 17.9. The van der Waals surface area contributed by atoms with Crippen LogP contribution >= 0.6 is 0 Å². The Morgan fingerprint density at radius 2 is 1.44 bits per heavy atom. The maximum Gasteiger partial charge on any atom is 0.290 e. The van der Waals surface area contributed by atoms with Gasteiger partial charge in [-0.15, -0.1) is 0 Å². The van der Waals surface area contributed by atoms with Crippen molar-refractivity contribution in [2.45, 2.75) is 98.6 Å². The molecule has 0 rings (SSSR count). The van der Waals surface area contributed by atoms with Crippen molar-refractivity contribution in [2.75, 3.05) is 0 Å². The Balaban J connectivity index is 5.09. The summed E-state index contributed by atoms with van der Waals surface area (Å²) in [6.07, 6.45) is 5.18. The first kappa shape index (κ1) is 25.3. The van der Waals surface area contributed by atoms with Gasteiger partial charge in [0.2, 0.25) is 11.7 Å². The minimum atomic E-state index is -0.838. The molecule has 0 bridgehead atoms. The molecule has 6 nitrogen and oxygen atoms in total. The topological polar surface area (TPSA) is 92.3 Å². The van der Waals surface area contributed by atoms with Crippen LogP contribution in [0.2, 0.25) is 0 Å². The van der Waals surface area contributed by atoms with Gasteiger partial charge >= 0.3 is 0 Å². The van der Waals surface area contributed by atoms with Crippen LogP contribution in [0.5, 0.6) is 0 Å². The molecule has 0 aliphatic heterocycles. The lowest BCUT2D eigenvalue weighted by Crippen LogP contribution is -2.51. The smallest absolute Gasteiger partial charge is 0.290 e. The van der Waals surface area contributed by atoms with Gasteiger partial charge in [-0.25, -0.2) is 0 Å². The van der Waals surface area contributed by atoms with Crippen molar-refractivity contribution in [1.29, 1.82) is 0 Å². The zero-order chi connectivity index (χ0) is 21.0. The van der Waals surface area contributed by atoms with Gasteiger partial charge in [-0.2, -0.15) is 0 Å². The molecule has 0 radical (unpaired) electrons. The fourth-order valence-electron chi connectivity index (χ4n) is 2.93. The van der Waals surface area contributed by atoms with Crippen LogP contribution in [0.4, 0.5) is 0 Å². The molecule has 0 fully saturated rings. The molecule has 0 aliphatic carbocycles. The molecule has 0 aromatic rings. The third-order valence-electron chi connectivity index (χ3n) is 4.63. The van der Waals surface area contributed by atoms with Gasteiger partial charge in [0.15, 0.2) is 5.78 Å². The van der Waals surface area contributed by atoms with E-state index in [1.54, 1.807) is 0 Å². The molecule has 156 valence electrons. The number of ketones is 2. The second-order valence-corrected chi connectivity index (χ2v) is 7.88. The van der Waals surface area contributed by atoms with Gasteiger partial charge in [-0.05, 0) is 32.1 Å². The van der Waals surface area contributed by atoms with Crippen LogP contribution in [0, 0.1) is 11.8 Å². The number of hydrogen-bond donors (Lipinski definition) is 2. The summed E-state index contributed by atoms with van der Waals surface area (Å²) >= 11 is 0. The first-order valence-electron chi connectivity index (χ1n) is 10.3. The highest BCUT2D eigenvalue weighted by atomic mass is 16.2. The third-order valence-corrected chi connectivity index (χ3v) is 4.63. The largest absolute Gasteiger partial charge is 0.345 e. The second-order valence-electron chi connectivity index (χ2n) is 7.88. The normalized spacial score (nSPS) is 14.3. The number of unbranched alkanes of at least 4 members (excludes halogenated alkanes) is 2. The summed E-state index contributed by atoms with van der Waals surface area (Å²) < 4.78 is 0. The van der Waals surface area contributed by atoms with Crippen LogP contribution < -0.4 is 10.6 Å². The molecule has 2 N–H and O–H groups in total. The summed E-state index contributed by atoms with van der Waals surface area (Å²) in [6.45, 7) is 11.2. The highest BCUT2D eigenvalue weighted by Gasteiger charge is 2.30. The first-order valence-corrected chi connectivity index (χ1v) is 10.3. The number of carbonyl (C=O) groups is 4. The van der Waals surface area contributed by atoms with Crippen molar-refractivity contribution in [3.63, 3.8) is 0 Å². The Bertz CT molecular complexity index is 502. The standard InChI is InChI=1S/C21H38N2O4/c1-7-9-10-12-17(22-20(26)15(5)11-8-2)19(25)21(27)23-18(16(6)24)13-14(3)4/h14-15,17-18H,7-13H2,1-6H3,(H,22,26)(H,23,27)/t15-,17-,18-/m0/s1. The third kappa shape index (κ3) is 10.3. The number of rotatable bonds is 14. The quantitative estimate of drug-likeness (QED) is 0.356. The maximum absolute atomic E-state index is 12.7. The Hall–Kier alpha value is -1.72. The molecule has 0 aromatic heterocycles. The molecule has 27 heavy (non-hydrogen) atoms. The monoisotopic (exact) mass is 382 g/mol. The Morgan fingerprint density at radius 3 is 1.93 bits per heavy atom. The molecule has 6 heteroatoms. The summed E-state index contributed by atoms with van der Waals surface area (Å²) in [4.78, 5) is 49.2. The van der Waals surface area contributed by atoms with E-state index in [1.807, 2.05) is 27.7 Å². The Morgan fingerprint density at radius 1 is 0.815 bits per heavy atom. The summed E-state index contributed by atoms with van der Waals surface area (Å²) in [5.41, 5.74) is 0. The summed E-state index contributed by atoms with van der Waals surface area (Å²) in [5, 5.41) is 5.31. The van der Waals surface area contributed by atoms with Gasteiger partial charge in [-0.1, -0.05) is 60.3 Å². The number of carbonyl (C=O) groups excluding carboxylic acids is 4. The SMILES string of the molecule is CCCCC[C@H](NC(=O)[C@@H](C)CCC)C(=O)C(=O)N[C@@H](CC(C)C)C(C)=O. The highest BCUT2D eigenvalue weighted by molar-refractivity contribution is 6.38. The van der Waals surface area contributed by atoms with E-state index in [0.29, 0.717) is 12.8 Å². The van der Waals surface area contributed by atoms with Gasteiger partial charge < -0.3 is 10.6 Å².